The molecule has 0 saturated carbocycles. The summed E-state index contributed by atoms with van der Waals surface area (Å²) in [6, 6.07) is 0. The lowest BCUT2D eigenvalue weighted by Crippen LogP contribution is -2.25. The zero-order valence-corrected chi connectivity index (χ0v) is 11.5. The number of amides is 1. The van der Waals surface area contributed by atoms with Gasteiger partial charge < -0.3 is 11.5 Å². The van der Waals surface area contributed by atoms with E-state index in [9.17, 15) is 4.79 Å². The lowest BCUT2D eigenvalue weighted by Gasteiger charge is -2.21. The number of nitrogen functional groups attached to an aromatic ring is 1. The molecule has 0 atom stereocenters. The molecule has 1 amide bonds. The van der Waals surface area contributed by atoms with Crippen molar-refractivity contribution in [2.45, 2.75) is 52.5 Å². The van der Waals surface area contributed by atoms with E-state index >= 15 is 0 Å². The van der Waals surface area contributed by atoms with Gasteiger partial charge in [0.15, 0.2) is 0 Å². The summed E-state index contributed by atoms with van der Waals surface area (Å²) >= 11 is 0. The van der Waals surface area contributed by atoms with Crippen LogP contribution in [0.25, 0.3) is 0 Å². The molecule has 5 heteroatoms. The Bertz CT molecular complexity index is 446. The van der Waals surface area contributed by atoms with E-state index in [0.29, 0.717) is 17.1 Å². The van der Waals surface area contributed by atoms with Crippen LogP contribution in [-0.2, 0) is 11.0 Å². The number of hydrogen-bond donors (Lipinski definition) is 2. The minimum absolute atomic E-state index is 0.269. The van der Waals surface area contributed by atoms with Crippen molar-refractivity contribution in [3.63, 3.8) is 0 Å². The topological polar surface area (TPSA) is 86.9 Å². The molecule has 17 heavy (non-hydrogen) atoms. The second-order valence-corrected chi connectivity index (χ2v) is 6.31. The van der Waals surface area contributed by atoms with Gasteiger partial charge in [0.2, 0.25) is 0 Å². The maximum Gasteiger partial charge on any atom is 0.254 e. The van der Waals surface area contributed by atoms with Gasteiger partial charge in [-0.3, -0.25) is 4.79 Å². The highest BCUT2D eigenvalue weighted by Crippen LogP contribution is 2.31. The molecule has 0 spiro atoms. The van der Waals surface area contributed by atoms with Crippen molar-refractivity contribution < 1.29 is 4.79 Å². The Kier molecular flexibility index (Phi) is 2.99. The number of hydrogen-bond acceptors (Lipinski definition) is 3. The fraction of sp³-hybridized carbons (Fsp3) is 0.667. The molecule has 1 aromatic heterocycles. The normalized spacial score (nSPS) is 12.8. The molecule has 0 fully saturated rings. The number of rotatable bonds is 1. The minimum atomic E-state index is -0.525. The van der Waals surface area contributed by atoms with Gasteiger partial charge in [0, 0.05) is 5.41 Å². The summed E-state index contributed by atoms with van der Waals surface area (Å²) in [6.45, 7) is 11.9. The first-order chi connectivity index (χ1) is 7.46. The summed E-state index contributed by atoms with van der Waals surface area (Å²) in [4.78, 5) is 11.5. The Labute approximate surface area is 102 Å². The molecule has 1 heterocycles. The smallest absolute Gasteiger partial charge is 0.254 e. The molecule has 0 aliphatic rings. The summed E-state index contributed by atoms with van der Waals surface area (Å²) in [5.74, 6) is -0.183. The zero-order chi connectivity index (χ0) is 13.6. The molecule has 0 radical (unpaired) electrons. The summed E-state index contributed by atoms with van der Waals surface area (Å²) in [5, 5.41) is 4.46. The number of anilines is 1. The highest BCUT2D eigenvalue weighted by Gasteiger charge is 2.31. The monoisotopic (exact) mass is 238 g/mol. The molecule has 1 aromatic rings. The fourth-order valence-electron chi connectivity index (χ4n) is 1.71. The van der Waals surface area contributed by atoms with E-state index in [-0.39, 0.29) is 11.0 Å². The number of carbonyl (C=O) groups excluding carboxylic acids is 1. The van der Waals surface area contributed by atoms with Gasteiger partial charge >= 0.3 is 0 Å². The second kappa shape index (κ2) is 3.75. The van der Waals surface area contributed by atoms with Crippen LogP contribution in [0, 0.1) is 0 Å². The molecular formula is C12H22N4O. The van der Waals surface area contributed by atoms with Crippen molar-refractivity contribution in [1.29, 1.82) is 0 Å². The van der Waals surface area contributed by atoms with Crippen LogP contribution in [0.3, 0.4) is 0 Å². The predicted octanol–water partition coefficient (Wildman–Crippen LogP) is 1.62. The Morgan fingerprint density at radius 1 is 1.18 bits per heavy atom. The van der Waals surface area contributed by atoms with E-state index < -0.39 is 5.91 Å². The van der Waals surface area contributed by atoms with Crippen LogP contribution in [0.15, 0.2) is 0 Å². The van der Waals surface area contributed by atoms with Gasteiger partial charge in [0.1, 0.15) is 11.4 Å². The molecule has 0 unspecified atom stereocenters. The van der Waals surface area contributed by atoms with Gasteiger partial charge in [-0.05, 0) is 20.8 Å². The number of nitrogens with two attached hydrogens (primary N) is 2. The summed E-state index contributed by atoms with van der Waals surface area (Å²) in [6.07, 6.45) is 0. The van der Waals surface area contributed by atoms with E-state index in [1.807, 2.05) is 41.5 Å². The SMILES string of the molecule is CC(C)(C)c1nn(C(C)(C)C)c(N)c1C(N)=O. The van der Waals surface area contributed by atoms with Crippen LogP contribution in [0.2, 0.25) is 0 Å². The van der Waals surface area contributed by atoms with E-state index in [0.717, 1.165) is 0 Å². The first-order valence-corrected chi connectivity index (χ1v) is 5.65. The Morgan fingerprint density at radius 2 is 1.65 bits per heavy atom. The van der Waals surface area contributed by atoms with E-state index in [1.54, 1.807) is 4.68 Å². The second-order valence-electron chi connectivity index (χ2n) is 6.31. The predicted molar refractivity (Wildman–Crippen MR) is 68.9 cm³/mol. The molecule has 0 bridgehead atoms. The first-order valence-electron chi connectivity index (χ1n) is 5.65. The zero-order valence-electron chi connectivity index (χ0n) is 11.5. The molecule has 96 valence electrons. The molecule has 4 N–H and O–H groups in total. The third kappa shape index (κ3) is 2.43. The third-order valence-corrected chi connectivity index (χ3v) is 2.51. The van der Waals surface area contributed by atoms with Crippen LogP contribution >= 0.6 is 0 Å². The van der Waals surface area contributed by atoms with Crippen LogP contribution in [0.5, 0.6) is 0 Å². The molecule has 0 aliphatic carbocycles. The van der Waals surface area contributed by atoms with Crippen molar-refractivity contribution in [3.05, 3.63) is 11.3 Å². The quantitative estimate of drug-likeness (QED) is 0.779. The van der Waals surface area contributed by atoms with Crippen molar-refractivity contribution in [2.24, 2.45) is 5.73 Å². The fourth-order valence-corrected chi connectivity index (χ4v) is 1.71. The standard InChI is InChI=1S/C12H22N4O/c1-11(2,3)8-7(10(14)17)9(13)16(15-8)12(4,5)6/h13H2,1-6H3,(H2,14,17). The van der Waals surface area contributed by atoms with Gasteiger partial charge in [-0.1, -0.05) is 20.8 Å². The molecule has 1 rings (SSSR count). The highest BCUT2D eigenvalue weighted by atomic mass is 16.1. The first kappa shape index (κ1) is 13.5. The maximum absolute atomic E-state index is 11.5. The van der Waals surface area contributed by atoms with Crippen LogP contribution in [-0.4, -0.2) is 15.7 Å². The number of primary amides is 1. The molecule has 0 saturated heterocycles. The number of aromatic nitrogens is 2. The van der Waals surface area contributed by atoms with Gasteiger partial charge in [-0.25, -0.2) is 4.68 Å². The van der Waals surface area contributed by atoms with Crippen LogP contribution < -0.4 is 11.5 Å². The van der Waals surface area contributed by atoms with Crippen molar-refractivity contribution in [2.75, 3.05) is 5.73 Å². The van der Waals surface area contributed by atoms with Crippen LogP contribution in [0.1, 0.15) is 57.6 Å². The largest absolute Gasteiger partial charge is 0.383 e. The molecule has 5 nitrogen and oxygen atoms in total. The van der Waals surface area contributed by atoms with Crippen molar-refractivity contribution in [3.8, 4) is 0 Å². The number of carbonyl (C=O) groups is 1. The number of nitrogens with zero attached hydrogens (tertiary/aromatic N) is 2. The Hall–Kier alpha value is -1.52. The Morgan fingerprint density at radius 3 is 1.88 bits per heavy atom. The van der Waals surface area contributed by atoms with Gasteiger partial charge in [-0.15, -0.1) is 0 Å². The average molecular weight is 238 g/mol. The summed E-state index contributed by atoms with van der Waals surface area (Å²) < 4.78 is 1.66. The third-order valence-electron chi connectivity index (χ3n) is 2.51. The van der Waals surface area contributed by atoms with Gasteiger partial charge in [0.05, 0.1) is 11.2 Å². The van der Waals surface area contributed by atoms with E-state index in [1.165, 1.54) is 0 Å². The minimum Gasteiger partial charge on any atom is -0.383 e. The molecule has 0 aromatic carbocycles. The average Bonchev–Trinajstić information content (AvgIpc) is 2.40. The highest BCUT2D eigenvalue weighted by molar-refractivity contribution is 5.98. The lowest BCUT2D eigenvalue weighted by molar-refractivity contribution is 0.0999. The van der Waals surface area contributed by atoms with Gasteiger partial charge in [0.25, 0.3) is 5.91 Å². The van der Waals surface area contributed by atoms with Crippen molar-refractivity contribution in [1.82, 2.24) is 9.78 Å². The van der Waals surface area contributed by atoms with Crippen LogP contribution in [0.4, 0.5) is 5.82 Å². The lowest BCUT2D eigenvalue weighted by atomic mass is 9.89. The van der Waals surface area contributed by atoms with E-state index in [4.69, 9.17) is 11.5 Å². The van der Waals surface area contributed by atoms with Crippen molar-refractivity contribution >= 4 is 11.7 Å². The summed E-state index contributed by atoms with van der Waals surface area (Å²) in [5.41, 5.74) is 11.8. The summed E-state index contributed by atoms with van der Waals surface area (Å²) in [7, 11) is 0. The molecule has 0 aliphatic heterocycles. The van der Waals surface area contributed by atoms with E-state index in [2.05, 4.69) is 5.10 Å². The molecular weight excluding hydrogens is 216 g/mol. The Balaban J connectivity index is 3.58. The maximum atomic E-state index is 11.5. The van der Waals surface area contributed by atoms with Gasteiger partial charge in [-0.2, -0.15) is 5.10 Å².